The van der Waals surface area contributed by atoms with Crippen LogP contribution in [0.5, 0.6) is 5.88 Å². The van der Waals surface area contributed by atoms with Crippen LogP contribution in [-0.2, 0) is 0 Å². The second kappa shape index (κ2) is 9.80. The number of benzene rings is 1. The van der Waals surface area contributed by atoms with Crippen molar-refractivity contribution in [2.24, 2.45) is 0 Å². The fourth-order valence-electron chi connectivity index (χ4n) is 3.46. The highest BCUT2D eigenvalue weighted by molar-refractivity contribution is 6.35. The molecule has 8 heteroatoms. The third kappa shape index (κ3) is 4.51. The van der Waals surface area contributed by atoms with Crippen LogP contribution in [0.1, 0.15) is 32.0 Å². The summed E-state index contributed by atoms with van der Waals surface area (Å²) in [6, 6.07) is 13.9. The lowest BCUT2D eigenvalue weighted by molar-refractivity contribution is 0.102. The zero-order valence-corrected chi connectivity index (χ0v) is 19.3. The molecular formula is C26H20ClN4O3. The topological polar surface area (TPSA) is 94.1 Å². The molecule has 3 aromatic heterocycles. The van der Waals surface area contributed by atoms with Crippen LogP contribution in [-0.4, -0.2) is 34.3 Å². The second-order valence-electron chi connectivity index (χ2n) is 7.42. The van der Waals surface area contributed by atoms with Crippen LogP contribution in [0.15, 0.2) is 60.9 Å². The summed E-state index contributed by atoms with van der Waals surface area (Å²) in [5.41, 5.74) is 5.22. The number of pyridine rings is 3. The van der Waals surface area contributed by atoms with Crippen molar-refractivity contribution < 1.29 is 14.3 Å². The molecule has 34 heavy (non-hydrogen) atoms. The summed E-state index contributed by atoms with van der Waals surface area (Å²) in [4.78, 5) is 36.9. The number of hydrogen-bond donors (Lipinski definition) is 1. The highest BCUT2D eigenvalue weighted by Crippen LogP contribution is 2.37. The Morgan fingerprint density at radius 2 is 1.91 bits per heavy atom. The van der Waals surface area contributed by atoms with Gasteiger partial charge >= 0.3 is 0 Å². The first-order chi connectivity index (χ1) is 16.4. The number of anilines is 1. The van der Waals surface area contributed by atoms with E-state index in [1.807, 2.05) is 19.1 Å². The Morgan fingerprint density at radius 1 is 1.09 bits per heavy atom. The highest BCUT2D eigenvalue weighted by Gasteiger charge is 2.18. The zero-order valence-electron chi connectivity index (χ0n) is 18.5. The van der Waals surface area contributed by atoms with E-state index in [4.69, 9.17) is 16.3 Å². The summed E-state index contributed by atoms with van der Waals surface area (Å²) in [7, 11) is 1.45. The molecule has 4 rings (SSSR count). The van der Waals surface area contributed by atoms with E-state index in [0.717, 1.165) is 16.7 Å². The smallest absolute Gasteiger partial charge is 0.274 e. The van der Waals surface area contributed by atoms with Gasteiger partial charge in [-0.1, -0.05) is 29.8 Å². The fraction of sp³-hybridized carbons (Fsp3) is 0.0769. The molecule has 3 heterocycles. The Bertz CT molecular complexity index is 1390. The Kier molecular flexibility index (Phi) is 6.65. The molecule has 0 saturated carbocycles. The first-order valence-corrected chi connectivity index (χ1v) is 10.6. The SMILES string of the molecule is [CH2]c1ccc(C(=O)Nc2cccc(-c3nccc(-c4ccc(C=O)c(OC)n4)c3Cl)c2C)nc1. The van der Waals surface area contributed by atoms with Crippen molar-refractivity contribution in [3.8, 4) is 28.4 Å². The number of nitrogens with zero attached hydrogens (tertiary/aromatic N) is 3. The zero-order chi connectivity index (χ0) is 24.2. The molecule has 1 radical (unpaired) electrons. The molecule has 0 spiro atoms. The Balaban J connectivity index is 1.71. The van der Waals surface area contributed by atoms with Crippen LogP contribution in [0.3, 0.4) is 0 Å². The van der Waals surface area contributed by atoms with Crippen molar-refractivity contribution in [3.05, 3.63) is 95.3 Å². The molecule has 0 saturated heterocycles. The average molecular weight is 472 g/mol. The molecule has 0 atom stereocenters. The number of ether oxygens (including phenoxy) is 1. The lowest BCUT2D eigenvalue weighted by Gasteiger charge is -2.15. The predicted octanol–water partition coefficient (Wildman–Crippen LogP) is 5.42. The van der Waals surface area contributed by atoms with Gasteiger partial charge in [0.1, 0.15) is 5.69 Å². The van der Waals surface area contributed by atoms with Gasteiger partial charge in [-0.25, -0.2) is 4.98 Å². The molecule has 0 aliphatic heterocycles. The standard InChI is InChI=1S/C26H20ClN4O3/c1-15-7-9-22(29-13-15)25(33)30-20-6-4-5-18(16(20)2)24-23(27)19(11-12-28-24)21-10-8-17(14-32)26(31-21)34-3/h4-14H,1H2,2-3H3,(H,30,33). The molecular weight excluding hydrogens is 452 g/mol. The van der Waals surface area contributed by atoms with Crippen LogP contribution in [0.2, 0.25) is 5.02 Å². The number of methoxy groups -OCH3 is 1. The number of halogens is 1. The number of carbonyl (C=O) groups is 2. The summed E-state index contributed by atoms with van der Waals surface area (Å²) in [6.07, 6.45) is 3.85. The molecule has 0 unspecified atom stereocenters. The monoisotopic (exact) mass is 471 g/mol. The summed E-state index contributed by atoms with van der Waals surface area (Å²) >= 11 is 6.77. The van der Waals surface area contributed by atoms with Gasteiger partial charge in [0, 0.05) is 29.2 Å². The molecule has 169 valence electrons. The molecule has 1 N–H and O–H groups in total. The van der Waals surface area contributed by atoms with Gasteiger partial charge < -0.3 is 10.1 Å². The predicted molar refractivity (Wildman–Crippen MR) is 131 cm³/mol. The third-order valence-corrected chi connectivity index (χ3v) is 5.65. The van der Waals surface area contributed by atoms with E-state index in [2.05, 4.69) is 27.2 Å². The van der Waals surface area contributed by atoms with E-state index >= 15 is 0 Å². The lowest BCUT2D eigenvalue weighted by atomic mass is 10.0. The molecule has 0 bridgehead atoms. The summed E-state index contributed by atoms with van der Waals surface area (Å²) in [5.74, 6) is -0.122. The van der Waals surface area contributed by atoms with Crippen molar-refractivity contribution >= 4 is 29.5 Å². The van der Waals surface area contributed by atoms with Gasteiger partial charge in [-0.15, -0.1) is 0 Å². The maximum Gasteiger partial charge on any atom is 0.274 e. The number of amides is 1. The first-order valence-electron chi connectivity index (χ1n) is 10.3. The second-order valence-corrected chi connectivity index (χ2v) is 7.80. The van der Waals surface area contributed by atoms with Gasteiger partial charge in [-0.3, -0.25) is 19.6 Å². The Morgan fingerprint density at radius 3 is 2.62 bits per heavy atom. The van der Waals surface area contributed by atoms with Gasteiger partial charge in [-0.2, -0.15) is 0 Å². The van der Waals surface area contributed by atoms with E-state index in [9.17, 15) is 9.59 Å². The minimum atomic E-state index is -0.334. The summed E-state index contributed by atoms with van der Waals surface area (Å²) in [5, 5.41) is 3.28. The average Bonchev–Trinajstić information content (AvgIpc) is 2.85. The highest BCUT2D eigenvalue weighted by atomic mass is 35.5. The first kappa shape index (κ1) is 23.1. The van der Waals surface area contributed by atoms with Crippen molar-refractivity contribution in [2.75, 3.05) is 12.4 Å². The van der Waals surface area contributed by atoms with Crippen molar-refractivity contribution in [2.45, 2.75) is 6.92 Å². The van der Waals surface area contributed by atoms with Crippen LogP contribution >= 0.6 is 11.6 Å². The van der Waals surface area contributed by atoms with E-state index in [-0.39, 0.29) is 17.5 Å². The van der Waals surface area contributed by atoms with Crippen molar-refractivity contribution in [1.82, 2.24) is 15.0 Å². The molecule has 1 amide bonds. The largest absolute Gasteiger partial charge is 0.480 e. The summed E-state index contributed by atoms with van der Waals surface area (Å²) in [6.45, 7) is 5.66. The number of nitrogens with one attached hydrogen (secondary N) is 1. The van der Waals surface area contributed by atoms with E-state index < -0.39 is 0 Å². The minimum Gasteiger partial charge on any atom is -0.480 e. The van der Waals surface area contributed by atoms with Gasteiger partial charge in [0.25, 0.3) is 5.91 Å². The molecule has 7 nitrogen and oxygen atoms in total. The molecule has 4 aromatic rings. The van der Waals surface area contributed by atoms with Gasteiger partial charge in [0.15, 0.2) is 6.29 Å². The lowest BCUT2D eigenvalue weighted by Crippen LogP contribution is -2.14. The number of hydrogen-bond acceptors (Lipinski definition) is 6. The van der Waals surface area contributed by atoms with Crippen molar-refractivity contribution in [3.63, 3.8) is 0 Å². The summed E-state index contributed by atoms with van der Waals surface area (Å²) < 4.78 is 5.22. The van der Waals surface area contributed by atoms with Crippen LogP contribution in [0.25, 0.3) is 22.5 Å². The van der Waals surface area contributed by atoms with Crippen LogP contribution in [0, 0.1) is 13.8 Å². The normalized spacial score (nSPS) is 10.6. The Labute approximate surface area is 201 Å². The van der Waals surface area contributed by atoms with Gasteiger partial charge in [0.05, 0.1) is 29.1 Å². The molecule has 1 aromatic carbocycles. The Hall–Kier alpha value is -4.10. The molecule has 0 aliphatic rings. The minimum absolute atomic E-state index is 0.211. The number of rotatable bonds is 6. The van der Waals surface area contributed by atoms with Gasteiger partial charge in [-0.05, 0) is 55.3 Å². The number of aromatic nitrogens is 3. The fourth-order valence-corrected chi connectivity index (χ4v) is 3.77. The van der Waals surface area contributed by atoms with Crippen LogP contribution < -0.4 is 10.1 Å². The van der Waals surface area contributed by atoms with Gasteiger partial charge in [0.2, 0.25) is 5.88 Å². The van der Waals surface area contributed by atoms with Crippen molar-refractivity contribution in [1.29, 1.82) is 0 Å². The number of carbonyl (C=O) groups excluding carboxylic acids is 2. The quantitative estimate of drug-likeness (QED) is 0.377. The maximum absolute atomic E-state index is 12.7. The van der Waals surface area contributed by atoms with E-state index in [1.54, 1.807) is 42.6 Å². The van der Waals surface area contributed by atoms with Crippen LogP contribution in [0.4, 0.5) is 5.69 Å². The van der Waals surface area contributed by atoms with E-state index in [0.29, 0.717) is 39.5 Å². The molecule has 0 fully saturated rings. The molecule has 0 aliphatic carbocycles. The third-order valence-electron chi connectivity index (χ3n) is 5.27. The maximum atomic E-state index is 12.7. The van der Waals surface area contributed by atoms with E-state index in [1.165, 1.54) is 13.3 Å². The number of aldehydes is 1.